The highest BCUT2D eigenvalue weighted by molar-refractivity contribution is 6.30. The number of aldehydes is 1. The molecular formula is C23H24ClN3O3. The average Bonchev–Trinajstić information content (AvgIpc) is 3.26. The SMILES string of the molecule is CCCC(=O)Nc1cccc2c1C(C(=O)CC=O)N1CCNC21c1ccc(Cl)cc1. The second-order valence-electron chi connectivity index (χ2n) is 7.64. The molecule has 1 amide bonds. The topological polar surface area (TPSA) is 78.5 Å². The number of amides is 1. The van der Waals surface area contributed by atoms with Crippen LogP contribution < -0.4 is 10.6 Å². The second kappa shape index (κ2) is 8.30. The van der Waals surface area contributed by atoms with Gasteiger partial charge in [-0.15, -0.1) is 0 Å². The van der Waals surface area contributed by atoms with Gasteiger partial charge in [-0.05, 0) is 35.7 Å². The van der Waals surface area contributed by atoms with E-state index in [9.17, 15) is 14.4 Å². The van der Waals surface area contributed by atoms with Gasteiger partial charge in [0.25, 0.3) is 0 Å². The van der Waals surface area contributed by atoms with Gasteiger partial charge in [-0.25, -0.2) is 0 Å². The quantitative estimate of drug-likeness (QED) is 0.525. The van der Waals surface area contributed by atoms with Crippen molar-refractivity contribution in [3.8, 4) is 0 Å². The van der Waals surface area contributed by atoms with Crippen LogP contribution in [0.5, 0.6) is 0 Å². The Bertz CT molecular complexity index is 992. The van der Waals surface area contributed by atoms with E-state index in [-0.39, 0.29) is 18.1 Å². The molecule has 0 spiro atoms. The third-order valence-corrected chi connectivity index (χ3v) is 6.10. The smallest absolute Gasteiger partial charge is 0.224 e. The number of halogens is 1. The van der Waals surface area contributed by atoms with Crippen LogP contribution in [0.1, 0.15) is 48.9 Å². The van der Waals surface area contributed by atoms with Crippen LogP contribution in [0.2, 0.25) is 5.02 Å². The molecule has 0 radical (unpaired) electrons. The van der Waals surface area contributed by atoms with Crippen molar-refractivity contribution in [3.05, 3.63) is 64.2 Å². The Morgan fingerprint density at radius 1 is 1.27 bits per heavy atom. The van der Waals surface area contributed by atoms with Crippen LogP contribution in [0.3, 0.4) is 0 Å². The van der Waals surface area contributed by atoms with E-state index in [1.54, 1.807) is 0 Å². The van der Waals surface area contributed by atoms with E-state index in [2.05, 4.69) is 15.5 Å². The lowest BCUT2D eigenvalue weighted by Gasteiger charge is -2.35. The van der Waals surface area contributed by atoms with E-state index >= 15 is 0 Å². The van der Waals surface area contributed by atoms with Gasteiger partial charge < -0.3 is 10.1 Å². The molecule has 0 aliphatic carbocycles. The lowest BCUT2D eigenvalue weighted by molar-refractivity contribution is -0.127. The van der Waals surface area contributed by atoms with Gasteiger partial charge in [0.2, 0.25) is 5.91 Å². The molecule has 2 atom stereocenters. The van der Waals surface area contributed by atoms with Crippen LogP contribution in [0.15, 0.2) is 42.5 Å². The number of Topliss-reactive ketones (excluding diaryl/α,β-unsaturated/α-hetero) is 1. The fourth-order valence-corrected chi connectivity index (χ4v) is 4.85. The van der Waals surface area contributed by atoms with Crippen molar-refractivity contribution in [1.82, 2.24) is 10.2 Å². The van der Waals surface area contributed by atoms with E-state index in [4.69, 9.17) is 11.6 Å². The van der Waals surface area contributed by atoms with Crippen LogP contribution in [0, 0.1) is 0 Å². The summed E-state index contributed by atoms with van der Waals surface area (Å²) in [4.78, 5) is 38.7. The normalized spacial score (nSPS) is 22.4. The summed E-state index contributed by atoms with van der Waals surface area (Å²) in [5.74, 6) is -0.268. The van der Waals surface area contributed by atoms with Gasteiger partial charge in [-0.1, -0.05) is 42.8 Å². The molecule has 0 bridgehead atoms. The second-order valence-corrected chi connectivity index (χ2v) is 8.08. The lowest BCUT2D eigenvalue weighted by atomic mass is 9.89. The average molecular weight is 426 g/mol. The first-order valence-electron chi connectivity index (χ1n) is 10.2. The van der Waals surface area contributed by atoms with Crippen molar-refractivity contribution in [3.63, 3.8) is 0 Å². The van der Waals surface area contributed by atoms with Crippen LogP contribution >= 0.6 is 11.6 Å². The third-order valence-electron chi connectivity index (χ3n) is 5.85. The minimum Gasteiger partial charge on any atom is -0.326 e. The van der Waals surface area contributed by atoms with E-state index in [0.717, 1.165) is 23.1 Å². The summed E-state index contributed by atoms with van der Waals surface area (Å²) >= 11 is 6.12. The zero-order valence-electron chi connectivity index (χ0n) is 16.8. The van der Waals surface area contributed by atoms with Crippen LogP contribution in [-0.4, -0.2) is 36.0 Å². The van der Waals surface area contributed by atoms with E-state index < -0.39 is 11.7 Å². The fraction of sp³-hybridized carbons (Fsp3) is 0.348. The molecule has 7 heteroatoms. The Kier molecular flexibility index (Phi) is 5.73. The first-order valence-corrected chi connectivity index (χ1v) is 10.6. The summed E-state index contributed by atoms with van der Waals surface area (Å²) in [7, 11) is 0. The molecular weight excluding hydrogens is 402 g/mol. The summed E-state index contributed by atoms with van der Waals surface area (Å²) in [5, 5.41) is 7.20. The van der Waals surface area contributed by atoms with E-state index in [1.165, 1.54) is 0 Å². The first kappa shape index (κ1) is 20.7. The number of fused-ring (bicyclic) bond motifs is 3. The minimum absolute atomic E-state index is 0.0898. The summed E-state index contributed by atoms with van der Waals surface area (Å²) in [6, 6.07) is 12.6. The molecule has 2 N–H and O–H groups in total. The molecule has 2 aliphatic heterocycles. The highest BCUT2D eigenvalue weighted by atomic mass is 35.5. The van der Waals surface area contributed by atoms with Gasteiger partial charge in [0.1, 0.15) is 11.9 Å². The van der Waals surface area contributed by atoms with Crippen LogP contribution in [-0.2, 0) is 20.0 Å². The zero-order valence-corrected chi connectivity index (χ0v) is 17.5. The molecule has 0 saturated carbocycles. The summed E-state index contributed by atoms with van der Waals surface area (Å²) < 4.78 is 0. The molecule has 2 unspecified atom stereocenters. The molecule has 4 rings (SSSR count). The van der Waals surface area contributed by atoms with Crippen molar-refractivity contribution in [1.29, 1.82) is 0 Å². The summed E-state index contributed by atoms with van der Waals surface area (Å²) in [6.07, 6.45) is 1.61. The Labute approximate surface area is 180 Å². The Balaban J connectivity index is 1.91. The number of benzene rings is 2. The number of hydrogen-bond donors (Lipinski definition) is 2. The molecule has 0 aromatic heterocycles. The maximum Gasteiger partial charge on any atom is 0.224 e. The predicted molar refractivity (Wildman–Crippen MR) is 115 cm³/mol. The molecule has 2 aromatic carbocycles. The molecule has 156 valence electrons. The van der Waals surface area contributed by atoms with Crippen molar-refractivity contribution >= 4 is 35.3 Å². The Morgan fingerprint density at radius 3 is 2.73 bits per heavy atom. The number of carbonyl (C=O) groups is 3. The van der Waals surface area contributed by atoms with E-state index in [0.29, 0.717) is 36.5 Å². The molecule has 6 nitrogen and oxygen atoms in total. The number of nitrogens with one attached hydrogen (secondary N) is 2. The monoisotopic (exact) mass is 425 g/mol. The number of hydrogen-bond acceptors (Lipinski definition) is 5. The van der Waals surface area contributed by atoms with Gasteiger partial charge >= 0.3 is 0 Å². The predicted octanol–water partition coefficient (Wildman–Crippen LogP) is 3.40. The Morgan fingerprint density at radius 2 is 2.03 bits per heavy atom. The third kappa shape index (κ3) is 3.25. The van der Waals surface area contributed by atoms with Crippen molar-refractivity contribution < 1.29 is 14.4 Å². The molecule has 2 heterocycles. The number of anilines is 1. The molecule has 1 fully saturated rings. The maximum absolute atomic E-state index is 13.1. The van der Waals surface area contributed by atoms with Gasteiger partial charge in [-0.3, -0.25) is 19.8 Å². The molecule has 1 saturated heterocycles. The number of ketones is 1. The van der Waals surface area contributed by atoms with Crippen LogP contribution in [0.4, 0.5) is 5.69 Å². The maximum atomic E-state index is 13.1. The highest BCUT2D eigenvalue weighted by Gasteiger charge is 2.56. The van der Waals surface area contributed by atoms with Crippen LogP contribution in [0.25, 0.3) is 0 Å². The highest BCUT2D eigenvalue weighted by Crippen LogP contribution is 2.53. The molecule has 30 heavy (non-hydrogen) atoms. The standard InChI is InChI=1S/C23H24ClN3O3/c1-2-4-20(30)26-18-6-3-5-17-21(18)22(19(29)11-14-28)27-13-12-25-23(17,27)15-7-9-16(24)10-8-15/h3,5-10,14,22,25H,2,4,11-13H2,1H3,(H,26,30). The molecule has 2 aliphatic rings. The van der Waals surface area contributed by atoms with Gasteiger partial charge in [0.15, 0.2) is 5.78 Å². The largest absolute Gasteiger partial charge is 0.326 e. The first-order chi connectivity index (χ1) is 14.5. The van der Waals surface area contributed by atoms with Gasteiger partial charge in [0, 0.05) is 35.8 Å². The molecule has 2 aromatic rings. The number of carbonyl (C=O) groups excluding carboxylic acids is 3. The number of rotatable bonds is 7. The van der Waals surface area contributed by atoms with Crippen molar-refractivity contribution in [2.75, 3.05) is 18.4 Å². The zero-order chi connectivity index (χ0) is 21.3. The summed E-state index contributed by atoms with van der Waals surface area (Å²) in [5.41, 5.74) is 2.55. The lowest BCUT2D eigenvalue weighted by Crippen LogP contribution is -2.47. The van der Waals surface area contributed by atoms with E-state index in [1.807, 2.05) is 49.4 Å². The van der Waals surface area contributed by atoms with Gasteiger partial charge in [0.05, 0.1) is 12.5 Å². The fourth-order valence-electron chi connectivity index (χ4n) is 4.72. The summed E-state index contributed by atoms with van der Waals surface area (Å²) in [6.45, 7) is 3.27. The number of nitrogens with zero attached hydrogens (tertiary/aromatic N) is 1. The van der Waals surface area contributed by atoms with Crippen molar-refractivity contribution in [2.45, 2.75) is 37.9 Å². The Hall–Kier alpha value is -2.54. The van der Waals surface area contributed by atoms with Gasteiger partial charge in [-0.2, -0.15) is 0 Å². The van der Waals surface area contributed by atoms with Crippen molar-refractivity contribution in [2.24, 2.45) is 0 Å². The minimum atomic E-state index is -0.714.